The molecule has 0 spiro atoms. The Hall–Kier alpha value is -0.120. The van der Waals surface area contributed by atoms with Crippen LogP contribution in [-0.4, -0.2) is 49.8 Å². The Labute approximate surface area is 106 Å². The van der Waals surface area contributed by atoms with Crippen molar-refractivity contribution in [1.82, 2.24) is 10.2 Å². The molecule has 0 aromatic heterocycles. The van der Waals surface area contributed by atoms with E-state index in [2.05, 4.69) is 31.0 Å². The van der Waals surface area contributed by atoms with Gasteiger partial charge in [0, 0.05) is 26.2 Å². The van der Waals surface area contributed by atoms with E-state index >= 15 is 0 Å². The van der Waals surface area contributed by atoms with Gasteiger partial charge in [0.25, 0.3) is 0 Å². The van der Waals surface area contributed by atoms with Gasteiger partial charge >= 0.3 is 0 Å². The lowest BCUT2D eigenvalue weighted by molar-refractivity contribution is -0.0797. The predicted molar refractivity (Wildman–Crippen MR) is 71.3 cm³/mol. The highest BCUT2D eigenvalue weighted by Crippen LogP contribution is 2.31. The fourth-order valence-electron chi connectivity index (χ4n) is 3.47. The summed E-state index contributed by atoms with van der Waals surface area (Å²) in [5.41, 5.74) is 0.509. The van der Waals surface area contributed by atoms with Crippen LogP contribution >= 0.6 is 0 Å². The molecule has 2 aliphatic rings. The standard InChI is InChI=1S/C14H28N2O/c1-4-14(6-5-7-15-10-14)11-16-8-12(2)17-13(3)9-16/h12-13,15H,4-11H2,1-3H3/t12-,13+,14?. The van der Waals surface area contributed by atoms with Crippen molar-refractivity contribution in [2.45, 2.75) is 52.2 Å². The summed E-state index contributed by atoms with van der Waals surface area (Å²) in [5, 5.41) is 3.58. The molecule has 3 nitrogen and oxygen atoms in total. The molecular formula is C14H28N2O. The van der Waals surface area contributed by atoms with Crippen LogP contribution in [0.15, 0.2) is 0 Å². The number of hydrogen-bond donors (Lipinski definition) is 1. The van der Waals surface area contributed by atoms with Crippen molar-refractivity contribution >= 4 is 0 Å². The third kappa shape index (κ3) is 3.43. The first-order valence-corrected chi connectivity index (χ1v) is 7.22. The second-order valence-corrected chi connectivity index (χ2v) is 6.09. The molecule has 0 radical (unpaired) electrons. The number of piperidine rings is 1. The lowest BCUT2D eigenvalue weighted by Crippen LogP contribution is -2.53. The molecule has 1 N–H and O–H groups in total. The zero-order chi connectivity index (χ0) is 12.3. The van der Waals surface area contributed by atoms with Crippen LogP contribution in [0.2, 0.25) is 0 Å². The number of nitrogens with one attached hydrogen (secondary N) is 1. The Bertz CT molecular complexity index is 228. The summed E-state index contributed by atoms with van der Waals surface area (Å²) in [6, 6.07) is 0. The van der Waals surface area contributed by atoms with Gasteiger partial charge < -0.3 is 10.1 Å². The monoisotopic (exact) mass is 240 g/mol. The third-order valence-electron chi connectivity index (χ3n) is 4.36. The molecule has 0 aliphatic carbocycles. The smallest absolute Gasteiger partial charge is 0.0678 e. The first-order chi connectivity index (χ1) is 8.13. The van der Waals surface area contributed by atoms with Crippen molar-refractivity contribution < 1.29 is 4.74 Å². The van der Waals surface area contributed by atoms with E-state index in [4.69, 9.17) is 4.74 Å². The van der Waals surface area contributed by atoms with Crippen LogP contribution in [0, 0.1) is 5.41 Å². The van der Waals surface area contributed by atoms with Crippen LogP contribution in [0.3, 0.4) is 0 Å². The van der Waals surface area contributed by atoms with Crippen LogP contribution in [0.5, 0.6) is 0 Å². The van der Waals surface area contributed by atoms with E-state index in [0.29, 0.717) is 17.6 Å². The Balaban J connectivity index is 1.93. The largest absolute Gasteiger partial charge is 0.373 e. The first-order valence-electron chi connectivity index (χ1n) is 7.22. The summed E-state index contributed by atoms with van der Waals surface area (Å²) in [4.78, 5) is 2.62. The maximum atomic E-state index is 5.81. The topological polar surface area (TPSA) is 24.5 Å². The number of hydrogen-bond acceptors (Lipinski definition) is 3. The van der Waals surface area contributed by atoms with Crippen LogP contribution in [0.25, 0.3) is 0 Å². The van der Waals surface area contributed by atoms with Crippen molar-refractivity contribution in [3.05, 3.63) is 0 Å². The zero-order valence-corrected chi connectivity index (χ0v) is 11.7. The Morgan fingerprint density at radius 2 is 2.00 bits per heavy atom. The summed E-state index contributed by atoms with van der Waals surface area (Å²) in [6.45, 7) is 12.6. The molecule has 100 valence electrons. The molecule has 3 heteroatoms. The molecule has 0 bridgehead atoms. The third-order valence-corrected chi connectivity index (χ3v) is 4.36. The summed E-state index contributed by atoms with van der Waals surface area (Å²) in [7, 11) is 0. The molecule has 1 unspecified atom stereocenters. The van der Waals surface area contributed by atoms with E-state index in [1.807, 2.05) is 0 Å². The van der Waals surface area contributed by atoms with Gasteiger partial charge in [-0.1, -0.05) is 6.92 Å². The molecular weight excluding hydrogens is 212 g/mol. The molecule has 0 aromatic carbocycles. The van der Waals surface area contributed by atoms with Crippen LogP contribution in [0.4, 0.5) is 0 Å². The molecule has 0 saturated carbocycles. The quantitative estimate of drug-likeness (QED) is 0.815. The van der Waals surface area contributed by atoms with Crippen molar-refractivity contribution in [3.8, 4) is 0 Å². The summed E-state index contributed by atoms with van der Waals surface area (Å²) < 4.78 is 5.81. The predicted octanol–water partition coefficient (Wildman–Crippen LogP) is 1.88. The fourth-order valence-corrected chi connectivity index (χ4v) is 3.47. The zero-order valence-electron chi connectivity index (χ0n) is 11.7. The van der Waals surface area contributed by atoms with Gasteiger partial charge in [-0.3, -0.25) is 4.90 Å². The highest BCUT2D eigenvalue weighted by Gasteiger charge is 2.34. The van der Waals surface area contributed by atoms with Crippen molar-refractivity contribution in [3.63, 3.8) is 0 Å². The van der Waals surface area contributed by atoms with Crippen molar-refractivity contribution in [2.24, 2.45) is 5.41 Å². The maximum absolute atomic E-state index is 5.81. The molecule has 0 amide bonds. The molecule has 2 aliphatic heterocycles. The van der Waals surface area contributed by atoms with Gasteiger partial charge in [-0.15, -0.1) is 0 Å². The fraction of sp³-hybridized carbons (Fsp3) is 1.00. The lowest BCUT2D eigenvalue weighted by Gasteiger charge is -2.44. The maximum Gasteiger partial charge on any atom is 0.0678 e. The van der Waals surface area contributed by atoms with Gasteiger partial charge in [0.05, 0.1) is 12.2 Å². The van der Waals surface area contributed by atoms with Gasteiger partial charge in [-0.05, 0) is 45.1 Å². The lowest BCUT2D eigenvalue weighted by atomic mass is 9.77. The second kappa shape index (κ2) is 5.68. The SMILES string of the molecule is CCC1(CN2C[C@@H](C)O[C@@H](C)C2)CCCNC1. The first kappa shape index (κ1) is 13.3. The molecule has 2 saturated heterocycles. The number of nitrogens with zero attached hydrogens (tertiary/aromatic N) is 1. The Kier molecular flexibility index (Phi) is 4.45. The van der Waals surface area contributed by atoms with Gasteiger partial charge in [0.15, 0.2) is 0 Å². The van der Waals surface area contributed by atoms with Crippen LogP contribution < -0.4 is 5.32 Å². The van der Waals surface area contributed by atoms with Crippen molar-refractivity contribution in [1.29, 1.82) is 0 Å². The average Bonchev–Trinajstić information content (AvgIpc) is 2.29. The number of ether oxygens (including phenoxy) is 1. The summed E-state index contributed by atoms with van der Waals surface area (Å²) in [5.74, 6) is 0. The minimum Gasteiger partial charge on any atom is -0.373 e. The van der Waals surface area contributed by atoms with E-state index in [1.54, 1.807) is 0 Å². The summed E-state index contributed by atoms with van der Waals surface area (Å²) >= 11 is 0. The average molecular weight is 240 g/mol. The molecule has 2 rings (SSSR count). The summed E-state index contributed by atoms with van der Waals surface area (Å²) in [6.07, 6.45) is 4.80. The van der Waals surface area contributed by atoms with E-state index in [0.717, 1.165) is 13.1 Å². The molecule has 17 heavy (non-hydrogen) atoms. The van der Waals surface area contributed by atoms with Crippen LogP contribution in [0.1, 0.15) is 40.0 Å². The highest BCUT2D eigenvalue weighted by molar-refractivity contribution is 4.89. The van der Waals surface area contributed by atoms with Crippen molar-refractivity contribution in [2.75, 3.05) is 32.7 Å². The molecule has 3 atom stereocenters. The molecule has 2 fully saturated rings. The van der Waals surface area contributed by atoms with Gasteiger partial charge in [0.2, 0.25) is 0 Å². The minimum atomic E-state index is 0.393. The van der Waals surface area contributed by atoms with E-state index in [9.17, 15) is 0 Å². The van der Waals surface area contributed by atoms with Crippen LogP contribution in [-0.2, 0) is 4.74 Å². The molecule has 0 aromatic rings. The number of morpholine rings is 1. The number of rotatable bonds is 3. The normalized spacial score (nSPS) is 40.4. The molecule has 2 heterocycles. The Morgan fingerprint density at radius 3 is 2.53 bits per heavy atom. The van der Waals surface area contributed by atoms with Gasteiger partial charge in [-0.2, -0.15) is 0 Å². The van der Waals surface area contributed by atoms with Gasteiger partial charge in [0.1, 0.15) is 0 Å². The Morgan fingerprint density at radius 1 is 1.29 bits per heavy atom. The second-order valence-electron chi connectivity index (χ2n) is 6.09. The van der Waals surface area contributed by atoms with E-state index in [1.165, 1.54) is 38.9 Å². The minimum absolute atomic E-state index is 0.393. The van der Waals surface area contributed by atoms with E-state index < -0.39 is 0 Å². The highest BCUT2D eigenvalue weighted by atomic mass is 16.5. The van der Waals surface area contributed by atoms with Gasteiger partial charge in [-0.25, -0.2) is 0 Å². The van der Waals surface area contributed by atoms with E-state index in [-0.39, 0.29) is 0 Å².